The first-order valence-electron chi connectivity index (χ1n) is 10.6. The maximum absolute atomic E-state index is 13.4. The SMILES string of the molecule is CCP(=O)(CC)c1ccccc1Nc1nc(Nc2ccc(C(=O)O)c3c2OCC3)ncc1Cl. The Morgan fingerprint density at radius 3 is 2.64 bits per heavy atom. The summed E-state index contributed by atoms with van der Waals surface area (Å²) in [6, 6.07) is 10.6. The molecule has 0 radical (unpaired) electrons. The van der Waals surface area contributed by atoms with Crippen molar-refractivity contribution in [1.29, 1.82) is 0 Å². The predicted molar refractivity (Wildman–Crippen MR) is 131 cm³/mol. The van der Waals surface area contributed by atoms with Crippen LogP contribution >= 0.6 is 18.7 Å². The summed E-state index contributed by atoms with van der Waals surface area (Å²) < 4.78 is 19.0. The van der Waals surface area contributed by atoms with E-state index in [1.54, 1.807) is 6.07 Å². The molecule has 0 amide bonds. The number of para-hydroxylation sites is 1. The minimum absolute atomic E-state index is 0.223. The van der Waals surface area contributed by atoms with Crippen LogP contribution in [0, 0.1) is 0 Å². The van der Waals surface area contributed by atoms with Gasteiger partial charge in [-0.25, -0.2) is 9.78 Å². The van der Waals surface area contributed by atoms with Gasteiger partial charge in [0.1, 0.15) is 17.9 Å². The molecule has 0 saturated carbocycles. The van der Waals surface area contributed by atoms with Gasteiger partial charge in [0.2, 0.25) is 5.95 Å². The van der Waals surface area contributed by atoms with Crippen LogP contribution in [0.15, 0.2) is 42.6 Å². The summed E-state index contributed by atoms with van der Waals surface area (Å²) in [4.78, 5) is 20.2. The second-order valence-electron chi connectivity index (χ2n) is 7.55. The third-order valence-corrected chi connectivity index (χ3v) is 9.29. The fourth-order valence-corrected chi connectivity index (χ4v) is 6.05. The first-order valence-corrected chi connectivity index (χ1v) is 13.1. The Balaban J connectivity index is 1.66. The Labute approximate surface area is 196 Å². The standard InChI is InChI=1S/C23H24ClN4O4P/c1-3-33(31,4-2)19-8-6-5-7-17(19)26-21-16(24)13-25-23(28-21)27-18-10-9-15(22(29)30)14-11-12-32-20(14)18/h5-10,13H,3-4,11-12H2,1-2H3,(H,29,30)(H2,25,26,27,28). The zero-order valence-electron chi connectivity index (χ0n) is 18.3. The number of hydrogen-bond donors (Lipinski definition) is 3. The molecule has 1 aliphatic heterocycles. The van der Waals surface area contributed by atoms with E-state index in [-0.39, 0.29) is 11.5 Å². The number of rotatable bonds is 8. The Bertz CT molecular complexity index is 1260. The number of hydrogen-bond acceptors (Lipinski definition) is 7. The van der Waals surface area contributed by atoms with Crippen molar-refractivity contribution in [3.63, 3.8) is 0 Å². The molecule has 172 valence electrons. The van der Waals surface area contributed by atoms with Crippen molar-refractivity contribution in [2.75, 3.05) is 29.6 Å². The molecule has 3 N–H and O–H groups in total. The molecule has 4 rings (SSSR count). The van der Waals surface area contributed by atoms with Gasteiger partial charge >= 0.3 is 5.97 Å². The summed E-state index contributed by atoms with van der Waals surface area (Å²) in [6.45, 7) is 4.27. The first kappa shape index (κ1) is 23.1. The molecule has 0 saturated heterocycles. The molecule has 2 aromatic carbocycles. The van der Waals surface area contributed by atoms with Crippen LogP contribution in [0.4, 0.5) is 23.1 Å². The van der Waals surface area contributed by atoms with E-state index >= 15 is 0 Å². The lowest BCUT2D eigenvalue weighted by molar-refractivity contribution is 0.0696. The number of aromatic nitrogens is 2. The van der Waals surface area contributed by atoms with Gasteiger partial charge in [-0.2, -0.15) is 4.98 Å². The number of carboxylic acids is 1. The number of halogens is 1. The van der Waals surface area contributed by atoms with Crippen LogP contribution in [0.25, 0.3) is 0 Å². The molecule has 8 nitrogen and oxygen atoms in total. The first-order chi connectivity index (χ1) is 15.9. The van der Waals surface area contributed by atoms with Crippen molar-refractivity contribution in [1.82, 2.24) is 9.97 Å². The van der Waals surface area contributed by atoms with E-state index in [1.807, 2.05) is 38.1 Å². The highest BCUT2D eigenvalue weighted by molar-refractivity contribution is 7.71. The highest BCUT2D eigenvalue weighted by Crippen LogP contribution is 2.46. The summed E-state index contributed by atoms with van der Waals surface area (Å²) in [6.07, 6.45) is 3.11. The lowest BCUT2D eigenvalue weighted by atomic mass is 10.0. The largest absolute Gasteiger partial charge is 0.491 e. The van der Waals surface area contributed by atoms with Crippen LogP contribution in [0.5, 0.6) is 5.75 Å². The number of nitrogens with one attached hydrogen (secondary N) is 2. The second-order valence-corrected chi connectivity index (χ2v) is 11.5. The minimum Gasteiger partial charge on any atom is -0.491 e. The Hall–Kier alpha value is -3.09. The van der Waals surface area contributed by atoms with Crippen molar-refractivity contribution in [2.24, 2.45) is 0 Å². The highest BCUT2D eigenvalue weighted by atomic mass is 35.5. The normalized spacial score (nSPS) is 12.7. The van der Waals surface area contributed by atoms with Gasteiger partial charge < -0.3 is 25.0 Å². The van der Waals surface area contributed by atoms with Gasteiger partial charge in [-0.3, -0.25) is 0 Å². The number of fused-ring (bicyclic) bond motifs is 1. The molecule has 1 aromatic heterocycles. The third-order valence-electron chi connectivity index (χ3n) is 5.70. The van der Waals surface area contributed by atoms with Crippen molar-refractivity contribution >= 4 is 53.2 Å². The molecule has 3 aromatic rings. The van der Waals surface area contributed by atoms with Crippen LogP contribution in [0.1, 0.15) is 29.8 Å². The maximum atomic E-state index is 13.4. The predicted octanol–water partition coefficient (Wildman–Crippen LogP) is 5.28. The maximum Gasteiger partial charge on any atom is 0.336 e. The number of aromatic carboxylic acids is 1. The van der Waals surface area contributed by atoms with Crippen LogP contribution in [0.3, 0.4) is 0 Å². The fraction of sp³-hybridized carbons (Fsp3) is 0.261. The van der Waals surface area contributed by atoms with Gasteiger partial charge in [-0.05, 0) is 24.3 Å². The van der Waals surface area contributed by atoms with Gasteiger partial charge in [-0.1, -0.05) is 37.6 Å². The summed E-state index contributed by atoms with van der Waals surface area (Å²) in [5.41, 5.74) is 2.12. The number of ether oxygens (including phenoxy) is 1. The number of carbonyl (C=O) groups is 1. The van der Waals surface area contributed by atoms with E-state index in [9.17, 15) is 14.5 Å². The van der Waals surface area contributed by atoms with Crippen LogP contribution in [-0.4, -0.2) is 40.0 Å². The van der Waals surface area contributed by atoms with Gasteiger partial charge in [0, 0.05) is 29.6 Å². The third kappa shape index (κ3) is 4.54. The molecule has 2 heterocycles. The number of benzene rings is 2. The number of carboxylic acid groups (broad SMARTS) is 1. The van der Waals surface area contributed by atoms with Crippen LogP contribution in [-0.2, 0) is 11.0 Å². The highest BCUT2D eigenvalue weighted by Gasteiger charge is 2.25. The Morgan fingerprint density at radius 2 is 1.91 bits per heavy atom. The summed E-state index contributed by atoms with van der Waals surface area (Å²) in [5.74, 6) is 0.113. The fourth-order valence-electron chi connectivity index (χ4n) is 3.86. The lowest BCUT2D eigenvalue weighted by Crippen LogP contribution is -2.14. The van der Waals surface area contributed by atoms with E-state index in [1.165, 1.54) is 12.3 Å². The molecule has 1 aliphatic rings. The summed E-state index contributed by atoms with van der Waals surface area (Å²) >= 11 is 6.36. The van der Waals surface area contributed by atoms with Crippen LogP contribution < -0.4 is 20.7 Å². The molecule has 0 bridgehead atoms. The Kier molecular flexibility index (Phi) is 6.58. The van der Waals surface area contributed by atoms with Gasteiger partial charge in [0.25, 0.3) is 0 Å². The van der Waals surface area contributed by atoms with Gasteiger partial charge in [0.15, 0.2) is 5.82 Å². The van der Waals surface area contributed by atoms with E-state index in [2.05, 4.69) is 20.6 Å². The van der Waals surface area contributed by atoms with Crippen molar-refractivity contribution in [3.8, 4) is 5.75 Å². The molecule has 0 fully saturated rings. The molecule has 0 aliphatic carbocycles. The topological polar surface area (TPSA) is 113 Å². The van der Waals surface area contributed by atoms with Crippen molar-refractivity contribution < 1.29 is 19.2 Å². The van der Waals surface area contributed by atoms with E-state index in [0.717, 1.165) is 5.30 Å². The van der Waals surface area contributed by atoms with Crippen molar-refractivity contribution in [2.45, 2.75) is 20.3 Å². The van der Waals surface area contributed by atoms with Gasteiger partial charge in [0.05, 0.1) is 29.7 Å². The summed E-state index contributed by atoms with van der Waals surface area (Å²) in [5, 5.41) is 16.8. The zero-order valence-corrected chi connectivity index (χ0v) is 19.9. The number of anilines is 4. The molecule has 33 heavy (non-hydrogen) atoms. The average molecular weight is 487 g/mol. The average Bonchev–Trinajstić information content (AvgIpc) is 3.31. The zero-order chi connectivity index (χ0) is 23.6. The molecule has 0 unspecified atom stereocenters. The quantitative estimate of drug-likeness (QED) is 0.369. The minimum atomic E-state index is -2.54. The van der Waals surface area contributed by atoms with Gasteiger partial charge in [-0.15, -0.1) is 0 Å². The molecular formula is C23H24ClN4O4P. The Morgan fingerprint density at radius 1 is 1.15 bits per heavy atom. The van der Waals surface area contributed by atoms with Crippen molar-refractivity contribution in [3.05, 3.63) is 58.7 Å². The molecule has 0 atom stereocenters. The molecule has 10 heteroatoms. The smallest absolute Gasteiger partial charge is 0.336 e. The van der Waals surface area contributed by atoms with E-state index in [4.69, 9.17) is 16.3 Å². The lowest BCUT2D eigenvalue weighted by Gasteiger charge is -2.20. The summed E-state index contributed by atoms with van der Waals surface area (Å²) in [7, 11) is -2.54. The monoisotopic (exact) mass is 486 g/mol. The van der Waals surface area contributed by atoms with Crippen LogP contribution in [0.2, 0.25) is 5.02 Å². The second kappa shape index (κ2) is 9.41. The molecule has 0 spiro atoms. The molecular weight excluding hydrogens is 463 g/mol. The van der Waals surface area contributed by atoms with E-state index < -0.39 is 13.1 Å². The van der Waals surface area contributed by atoms with E-state index in [0.29, 0.717) is 58.9 Å². The number of nitrogens with zero attached hydrogens (tertiary/aromatic N) is 2.